The molecule has 1 atom stereocenters. The lowest BCUT2D eigenvalue weighted by Crippen LogP contribution is -2.28. The van der Waals surface area contributed by atoms with E-state index < -0.39 is 12.0 Å². The molecule has 78 valence electrons. The van der Waals surface area contributed by atoms with E-state index >= 15 is 0 Å². The number of anilines is 1. The molecule has 0 bridgehead atoms. The van der Waals surface area contributed by atoms with Gasteiger partial charge >= 0.3 is 0 Å². The SMILES string of the molecule is CC(N)=NC(=O)C1Oc2c(N)cccc21. The summed E-state index contributed by atoms with van der Waals surface area (Å²) >= 11 is 0. The van der Waals surface area contributed by atoms with E-state index in [1.165, 1.54) is 0 Å². The van der Waals surface area contributed by atoms with Gasteiger partial charge in [0.05, 0.1) is 11.5 Å². The van der Waals surface area contributed by atoms with Crippen LogP contribution in [0.5, 0.6) is 5.75 Å². The molecule has 4 N–H and O–H groups in total. The molecule has 15 heavy (non-hydrogen) atoms. The second-order valence-electron chi connectivity index (χ2n) is 3.35. The van der Waals surface area contributed by atoms with Crippen LogP contribution >= 0.6 is 0 Å². The zero-order valence-electron chi connectivity index (χ0n) is 8.23. The molecule has 5 nitrogen and oxygen atoms in total. The van der Waals surface area contributed by atoms with Gasteiger partial charge in [-0.1, -0.05) is 12.1 Å². The van der Waals surface area contributed by atoms with Crippen LogP contribution in [0.1, 0.15) is 18.6 Å². The van der Waals surface area contributed by atoms with E-state index in [1.54, 1.807) is 25.1 Å². The Hall–Kier alpha value is -2.04. The zero-order valence-corrected chi connectivity index (χ0v) is 8.23. The Bertz CT molecular complexity index is 450. The Kier molecular flexibility index (Phi) is 2.07. The summed E-state index contributed by atoms with van der Waals surface area (Å²) in [4.78, 5) is 15.1. The number of amidine groups is 1. The molecule has 1 aliphatic heterocycles. The third-order valence-corrected chi connectivity index (χ3v) is 2.10. The molecule has 0 aliphatic carbocycles. The molecule has 1 aromatic rings. The Labute approximate surface area is 86.7 Å². The number of ether oxygens (including phenoxy) is 1. The van der Waals surface area contributed by atoms with Gasteiger partial charge in [-0.3, -0.25) is 4.79 Å². The largest absolute Gasteiger partial charge is 0.473 e. The summed E-state index contributed by atoms with van der Waals surface area (Å²) in [6, 6.07) is 5.28. The minimum atomic E-state index is -0.651. The van der Waals surface area contributed by atoms with Crippen LogP contribution in [0, 0.1) is 0 Å². The van der Waals surface area contributed by atoms with Crippen LogP contribution in [0.15, 0.2) is 23.2 Å². The van der Waals surface area contributed by atoms with E-state index in [2.05, 4.69) is 4.99 Å². The highest BCUT2D eigenvalue weighted by atomic mass is 16.5. The summed E-state index contributed by atoms with van der Waals surface area (Å²) in [5, 5.41) is 0. The first-order valence-electron chi connectivity index (χ1n) is 4.49. The lowest BCUT2D eigenvalue weighted by molar-refractivity contribution is -0.126. The molecule has 0 radical (unpaired) electrons. The Morgan fingerprint density at radius 1 is 1.53 bits per heavy atom. The van der Waals surface area contributed by atoms with Crippen LogP contribution < -0.4 is 16.2 Å². The average Bonchev–Trinajstić information content (AvgIpc) is 2.07. The maximum atomic E-state index is 11.5. The van der Waals surface area contributed by atoms with E-state index in [4.69, 9.17) is 16.2 Å². The van der Waals surface area contributed by atoms with Crippen molar-refractivity contribution in [3.8, 4) is 5.75 Å². The van der Waals surface area contributed by atoms with Crippen LogP contribution in [-0.4, -0.2) is 11.7 Å². The second kappa shape index (κ2) is 3.27. The van der Waals surface area contributed by atoms with Crippen molar-refractivity contribution in [2.24, 2.45) is 10.7 Å². The van der Waals surface area contributed by atoms with Crippen molar-refractivity contribution in [3.63, 3.8) is 0 Å². The van der Waals surface area contributed by atoms with Crippen LogP contribution in [0.25, 0.3) is 0 Å². The number of nitrogens with two attached hydrogens (primary N) is 2. The third-order valence-electron chi connectivity index (χ3n) is 2.10. The molecule has 5 heteroatoms. The fourth-order valence-electron chi connectivity index (χ4n) is 1.46. The predicted octanol–water partition coefficient (Wildman–Crippen LogP) is 0.606. The number of benzene rings is 1. The summed E-state index contributed by atoms with van der Waals surface area (Å²) < 4.78 is 5.24. The normalized spacial score (nSPS) is 18.7. The molecule has 0 fully saturated rings. The highest BCUT2D eigenvalue weighted by Crippen LogP contribution is 2.43. The maximum absolute atomic E-state index is 11.5. The summed E-state index contributed by atoms with van der Waals surface area (Å²) in [7, 11) is 0. The van der Waals surface area contributed by atoms with Gasteiger partial charge in [0.25, 0.3) is 5.91 Å². The quantitative estimate of drug-likeness (QED) is 0.399. The van der Waals surface area contributed by atoms with Crippen molar-refractivity contribution < 1.29 is 9.53 Å². The second-order valence-corrected chi connectivity index (χ2v) is 3.35. The van der Waals surface area contributed by atoms with Crippen LogP contribution in [0.4, 0.5) is 5.69 Å². The first kappa shape index (κ1) is 9.51. The Morgan fingerprint density at radius 3 is 2.93 bits per heavy atom. The predicted molar refractivity (Wildman–Crippen MR) is 56.5 cm³/mol. The fourth-order valence-corrected chi connectivity index (χ4v) is 1.46. The number of aliphatic imine (C=N–C) groups is 1. The van der Waals surface area contributed by atoms with Gasteiger partial charge < -0.3 is 16.2 Å². The molecule has 0 saturated carbocycles. The molecular formula is C10H11N3O2. The fraction of sp³-hybridized carbons (Fsp3) is 0.200. The lowest BCUT2D eigenvalue weighted by atomic mass is 10.0. The standard InChI is InChI=1S/C10H11N3O2/c1-5(11)13-10(14)9-6-3-2-4-7(12)8(6)15-9/h2-4,9H,12H2,1H3,(H2,11,13,14). The smallest absolute Gasteiger partial charge is 0.293 e. The van der Waals surface area contributed by atoms with Gasteiger partial charge in [0.1, 0.15) is 0 Å². The number of hydrogen-bond acceptors (Lipinski definition) is 3. The monoisotopic (exact) mass is 205 g/mol. The van der Waals surface area contributed by atoms with Gasteiger partial charge in [0.2, 0.25) is 6.10 Å². The summed E-state index contributed by atoms with van der Waals surface area (Å²) in [5.74, 6) is 0.398. The minimum absolute atomic E-state index is 0.223. The number of nitrogen functional groups attached to an aromatic ring is 1. The van der Waals surface area contributed by atoms with Crippen molar-refractivity contribution in [1.29, 1.82) is 0 Å². The van der Waals surface area contributed by atoms with Gasteiger partial charge in [-0.2, -0.15) is 4.99 Å². The number of nitrogens with zero attached hydrogens (tertiary/aromatic N) is 1. The van der Waals surface area contributed by atoms with Crippen molar-refractivity contribution in [2.45, 2.75) is 13.0 Å². The summed E-state index contributed by atoms with van der Waals surface area (Å²) in [6.07, 6.45) is -0.651. The number of rotatable bonds is 1. The van der Waals surface area contributed by atoms with E-state index in [9.17, 15) is 4.79 Å². The zero-order chi connectivity index (χ0) is 11.0. The van der Waals surface area contributed by atoms with E-state index in [0.717, 1.165) is 5.56 Å². The van der Waals surface area contributed by atoms with Crippen LogP contribution in [0.2, 0.25) is 0 Å². The molecule has 2 rings (SSSR count). The van der Waals surface area contributed by atoms with E-state index in [1.807, 2.05) is 0 Å². The number of amides is 1. The molecular weight excluding hydrogens is 194 g/mol. The van der Waals surface area contributed by atoms with E-state index in [0.29, 0.717) is 11.4 Å². The van der Waals surface area contributed by atoms with Gasteiger partial charge in [0, 0.05) is 5.56 Å². The van der Waals surface area contributed by atoms with Gasteiger partial charge in [-0.15, -0.1) is 0 Å². The maximum Gasteiger partial charge on any atom is 0.293 e. The molecule has 0 saturated heterocycles. The van der Waals surface area contributed by atoms with Gasteiger partial charge in [-0.25, -0.2) is 0 Å². The van der Waals surface area contributed by atoms with Crippen LogP contribution in [0.3, 0.4) is 0 Å². The summed E-state index contributed by atoms with van der Waals surface area (Å²) in [5.41, 5.74) is 12.2. The molecule has 1 aromatic carbocycles. The molecule has 1 aliphatic rings. The minimum Gasteiger partial charge on any atom is -0.473 e. The number of hydrogen-bond donors (Lipinski definition) is 2. The molecule has 0 spiro atoms. The lowest BCUT2D eigenvalue weighted by Gasteiger charge is -2.29. The van der Waals surface area contributed by atoms with Crippen LogP contribution in [-0.2, 0) is 4.79 Å². The Balaban J connectivity index is 2.25. The molecule has 0 aromatic heterocycles. The Morgan fingerprint density at radius 2 is 2.27 bits per heavy atom. The highest BCUT2D eigenvalue weighted by molar-refractivity contribution is 5.96. The number of fused-ring (bicyclic) bond motifs is 1. The molecule has 1 heterocycles. The first-order chi connectivity index (χ1) is 7.09. The van der Waals surface area contributed by atoms with Crippen molar-refractivity contribution in [1.82, 2.24) is 0 Å². The average molecular weight is 205 g/mol. The third kappa shape index (κ3) is 1.52. The van der Waals surface area contributed by atoms with Gasteiger partial charge in [-0.05, 0) is 13.0 Å². The van der Waals surface area contributed by atoms with Crippen molar-refractivity contribution in [2.75, 3.05) is 5.73 Å². The highest BCUT2D eigenvalue weighted by Gasteiger charge is 2.35. The van der Waals surface area contributed by atoms with Crippen molar-refractivity contribution >= 4 is 17.4 Å². The number of carbonyl (C=O) groups excluding carboxylic acids is 1. The van der Waals surface area contributed by atoms with E-state index in [-0.39, 0.29) is 5.84 Å². The molecule has 1 amide bonds. The topological polar surface area (TPSA) is 90.7 Å². The number of para-hydroxylation sites is 1. The van der Waals surface area contributed by atoms with Crippen molar-refractivity contribution in [3.05, 3.63) is 23.8 Å². The van der Waals surface area contributed by atoms with Gasteiger partial charge in [0.15, 0.2) is 5.75 Å². The molecule has 1 unspecified atom stereocenters. The summed E-state index contributed by atoms with van der Waals surface area (Å²) in [6.45, 7) is 1.55. The number of carbonyl (C=O) groups is 1. The first-order valence-corrected chi connectivity index (χ1v) is 4.49.